The molecule has 0 aromatic carbocycles. The molecule has 2 N–H and O–H groups in total. The molecule has 5 heteroatoms. The Hall–Kier alpha value is -0.420. The van der Waals surface area contributed by atoms with Crippen LogP contribution in [0.5, 0.6) is 0 Å². The van der Waals surface area contributed by atoms with E-state index in [4.69, 9.17) is 5.73 Å². The predicted molar refractivity (Wildman–Crippen MR) is 52.7 cm³/mol. The topological polar surface area (TPSA) is 63.4 Å². The Bertz CT molecular complexity index is 230. The Morgan fingerprint density at radius 1 is 1.69 bits per heavy atom. The van der Waals surface area contributed by atoms with E-state index in [-0.39, 0.29) is 11.2 Å². The van der Waals surface area contributed by atoms with Crippen LogP contribution in [0.25, 0.3) is 0 Å². The van der Waals surface area contributed by atoms with E-state index < -0.39 is 16.8 Å². The molecule has 1 aliphatic rings. The summed E-state index contributed by atoms with van der Waals surface area (Å²) < 4.78 is 11.3. The molecular formula is C8H16N2O2S. The van der Waals surface area contributed by atoms with Crippen molar-refractivity contribution >= 4 is 16.7 Å². The molecule has 1 heterocycles. The van der Waals surface area contributed by atoms with E-state index in [1.807, 2.05) is 6.92 Å². The molecular weight excluding hydrogens is 188 g/mol. The van der Waals surface area contributed by atoms with E-state index in [9.17, 15) is 9.00 Å². The summed E-state index contributed by atoms with van der Waals surface area (Å²) in [6.07, 6.45) is 0. The van der Waals surface area contributed by atoms with Gasteiger partial charge in [-0.2, -0.15) is 0 Å². The highest BCUT2D eigenvalue weighted by Gasteiger charge is 2.26. The second-order valence-corrected chi connectivity index (χ2v) is 5.44. The third kappa shape index (κ3) is 2.51. The summed E-state index contributed by atoms with van der Waals surface area (Å²) in [4.78, 5) is 13.2. The molecule has 2 unspecified atom stereocenters. The maximum absolute atomic E-state index is 11.5. The fourth-order valence-corrected chi connectivity index (χ4v) is 2.52. The minimum Gasteiger partial charge on any atom is -0.339 e. The molecule has 0 bridgehead atoms. The molecule has 1 aliphatic heterocycles. The minimum atomic E-state index is -0.770. The van der Waals surface area contributed by atoms with E-state index in [1.54, 1.807) is 11.8 Å². The van der Waals surface area contributed by atoms with Crippen LogP contribution in [0.2, 0.25) is 0 Å². The van der Waals surface area contributed by atoms with Gasteiger partial charge in [-0.3, -0.25) is 9.00 Å². The smallest absolute Gasteiger partial charge is 0.239 e. The zero-order valence-corrected chi connectivity index (χ0v) is 8.84. The average Bonchev–Trinajstić information content (AvgIpc) is 2.08. The molecule has 13 heavy (non-hydrogen) atoms. The standard InChI is InChI=1S/C8H16N2O2S/c1-6-5-10(3-4-13(6)12)8(11)7(2)9/h6-7H,3-5,9H2,1-2H3/t6?,7-,13?/m1/s1. The van der Waals surface area contributed by atoms with Gasteiger partial charge in [-0.1, -0.05) is 0 Å². The Labute approximate surface area is 80.9 Å². The monoisotopic (exact) mass is 204 g/mol. The van der Waals surface area contributed by atoms with Crippen LogP contribution in [0.1, 0.15) is 13.8 Å². The van der Waals surface area contributed by atoms with Crippen molar-refractivity contribution < 1.29 is 9.00 Å². The lowest BCUT2D eigenvalue weighted by Gasteiger charge is -2.31. The van der Waals surface area contributed by atoms with Crippen molar-refractivity contribution in [3.63, 3.8) is 0 Å². The van der Waals surface area contributed by atoms with Crippen molar-refractivity contribution in [2.45, 2.75) is 25.1 Å². The van der Waals surface area contributed by atoms with E-state index in [0.29, 0.717) is 18.8 Å². The number of hydrogen-bond acceptors (Lipinski definition) is 3. The van der Waals surface area contributed by atoms with Crippen molar-refractivity contribution in [1.82, 2.24) is 4.90 Å². The van der Waals surface area contributed by atoms with E-state index in [1.165, 1.54) is 0 Å². The number of carbonyl (C=O) groups is 1. The Morgan fingerprint density at radius 3 is 2.77 bits per heavy atom. The van der Waals surface area contributed by atoms with Crippen molar-refractivity contribution in [3.05, 3.63) is 0 Å². The van der Waals surface area contributed by atoms with Gasteiger partial charge in [0.15, 0.2) is 0 Å². The van der Waals surface area contributed by atoms with Gasteiger partial charge in [-0.05, 0) is 13.8 Å². The Balaban J connectivity index is 2.55. The highest BCUT2D eigenvalue weighted by atomic mass is 32.2. The normalized spacial score (nSPS) is 31.5. The zero-order chi connectivity index (χ0) is 10.0. The van der Waals surface area contributed by atoms with Crippen LogP contribution in [0.3, 0.4) is 0 Å². The van der Waals surface area contributed by atoms with Gasteiger partial charge >= 0.3 is 0 Å². The summed E-state index contributed by atoms with van der Waals surface area (Å²) in [5, 5.41) is 0.0800. The first-order chi connectivity index (χ1) is 6.02. The van der Waals surface area contributed by atoms with Crippen LogP contribution in [-0.2, 0) is 15.6 Å². The van der Waals surface area contributed by atoms with Crippen molar-refractivity contribution in [1.29, 1.82) is 0 Å². The number of hydrogen-bond donors (Lipinski definition) is 1. The zero-order valence-electron chi connectivity index (χ0n) is 8.03. The van der Waals surface area contributed by atoms with Crippen molar-refractivity contribution in [2.75, 3.05) is 18.8 Å². The summed E-state index contributed by atoms with van der Waals surface area (Å²) in [5.41, 5.74) is 5.48. The highest BCUT2D eigenvalue weighted by Crippen LogP contribution is 2.08. The van der Waals surface area contributed by atoms with Gasteiger partial charge in [0.2, 0.25) is 5.91 Å². The van der Waals surface area contributed by atoms with Crippen LogP contribution >= 0.6 is 0 Å². The molecule has 1 saturated heterocycles. The fraction of sp³-hybridized carbons (Fsp3) is 0.875. The Kier molecular flexibility index (Phi) is 3.44. The van der Waals surface area contributed by atoms with Crippen LogP contribution in [0.15, 0.2) is 0 Å². The average molecular weight is 204 g/mol. The summed E-state index contributed by atoms with van der Waals surface area (Å²) in [6.45, 7) is 4.74. The largest absolute Gasteiger partial charge is 0.339 e. The molecule has 0 aliphatic carbocycles. The molecule has 1 amide bonds. The minimum absolute atomic E-state index is 0.0384. The molecule has 0 aromatic heterocycles. The van der Waals surface area contributed by atoms with Crippen molar-refractivity contribution in [3.8, 4) is 0 Å². The molecule has 0 spiro atoms. The van der Waals surface area contributed by atoms with Gasteiger partial charge < -0.3 is 10.6 Å². The molecule has 1 fully saturated rings. The number of nitrogens with zero attached hydrogens (tertiary/aromatic N) is 1. The van der Waals surface area contributed by atoms with Gasteiger partial charge in [-0.25, -0.2) is 0 Å². The van der Waals surface area contributed by atoms with Gasteiger partial charge in [0.1, 0.15) is 0 Å². The van der Waals surface area contributed by atoms with E-state index in [0.717, 1.165) is 0 Å². The molecule has 1 rings (SSSR count). The summed E-state index contributed by atoms with van der Waals surface area (Å²) in [5.74, 6) is 0.545. The highest BCUT2D eigenvalue weighted by molar-refractivity contribution is 7.85. The third-order valence-electron chi connectivity index (χ3n) is 2.19. The molecule has 4 nitrogen and oxygen atoms in total. The lowest BCUT2D eigenvalue weighted by molar-refractivity contribution is -0.132. The molecule has 76 valence electrons. The predicted octanol–water partition coefficient (Wildman–Crippen LogP) is -0.687. The van der Waals surface area contributed by atoms with Gasteiger partial charge in [-0.15, -0.1) is 0 Å². The first-order valence-corrected chi connectivity index (χ1v) is 5.82. The molecule has 0 saturated carbocycles. The van der Waals surface area contributed by atoms with Gasteiger partial charge in [0.25, 0.3) is 0 Å². The number of rotatable bonds is 1. The molecule has 3 atom stereocenters. The second-order valence-electron chi connectivity index (χ2n) is 3.47. The lowest BCUT2D eigenvalue weighted by Crippen LogP contribution is -2.50. The maximum Gasteiger partial charge on any atom is 0.239 e. The number of nitrogens with two attached hydrogens (primary N) is 1. The van der Waals surface area contributed by atoms with Crippen LogP contribution in [-0.4, -0.2) is 45.2 Å². The SMILES string of the molecule is CC1CN(C(=O)[C@@H](C)N)CCS1=O. The first kappa shape index (κ1) is 10.7. The van der Waals surface area contributed by atoms with E-state index >= 15 is 0 Å². The summed E-state index contributed by atoms with van der Waals surface area (Å²) in [7, 11) is -0.770. The maximum atomic E-state index is 11.5. The third-order valence-corrected chi connectivity index (χ3v) is 3.82. The second kappa shape index (κ2) is 4.19. The quantitative estimate of drug-likeness (QED) is 0.615. The number of amides is 1. The molecule has 0 radical (unpaired) electrons. The van der Waals surface area contributed by atoms with Crippen molar-refractivity contribution in [2.24, 2.45) is 5.73 Å². The van der Waals surface area contributed by atoms with Crippen LogP contribution in [0, 0.1) is 0 Å². The van der Waals surface area contributed by atoms with Crippen LogP contribution in [0.4, 0.5) is 0 Å². The van der Waals surface area contributed by atoms with Gasteiger partial charge in [0, 0.05) is 34.9 Å². The lowest BCUT2D eigenvalue weighted by atomic mass is 10.3. The summed E-state index contributed by atoms with van der Waals surface area (Å²) in [6, 6.07) is -0.446. The van der Waals surface area contributed by atoms with Crippen LogP contribution < -0.4 is 5.73 Å². The fourth-order valence-electron chi connectivity index (χ4n) is 1.37. The van der Waals surface area contributed by atoms with Gasteiger partial charge in [0.05, 0.1) is 6.04 Å². The first-order valence-electron chi connectivity index (χ1n) is 4.44. The Morgan fingerprint density at radius 2 is 2.31 bits per heavy atom. The number of carbonyl (C=O) groups excluding carboxylic acids is 1. The molecule has 0 aromatic rings. The van der Waals surface area contributed by atoms with E-state index in [2.05, 4.69) is 0 Å². The summed E-state index contributed by atoms with van der Waals surface area (Å²) >= 11 is 0.